The van der Waals surface area contributed by atoms with Crippen molar-refractivity contribution in [1.29, 1.82) is 0 Å². The third kappa shape index (κ3) is 5.36. The van der Waals surface area contributed by atoms with Crippen LogP contribution in [0.5, 0.6) is 0 Å². The van der Waals surface area contributed by atoms with Crippen LogP contribution in [0.3, 0.4) is 0 Å². The molecule has 0 radical (unpaired) electrons. The number of hydrogen-bond donors (Lipinski definition) is 0. The van der Waals surface area contributed by atoms with Crippen molar-refractivity contribution in [3.63, 3.8) is 0 Å². The van der Waals surface area contributed by atoms with E-state index in [4.69, 9.17) is 0 Å². The Morgan fingerprint density at radius 1 is 0.750 bits per heavy atom. The minimum absolute atomic E-state index is 1.35. The molecule has 0 N–H and O–H groups in total. The van der Waals surface area contributed by atoms with Crippen molar-refractivity contribution in [3.05, 3.63) is 41.8 Å². The van der Waals surface area contributed by atoms with Gasteiger partial charge in [0.25, 0.3) is 0 Å². The van der Waals surface area contributed by atoms with Gasteiger partial charge in [0, 0.05) is 0 Å². The Bertz CT molecular complexity index is 534. The molecular weight excluding hydrogens is 415 g/mol. The van der Waals surface area contributed by atoms with E-state index in [2.05, 4.69) is 62.5 Å². The minimum atomic E-state index is -2.23. The van der Waals surface area contributed by atoms with E-state index in [1.807, 2.05) is 11.3 Å². The summed E-state index contributed by atoms with van der Waals surface area (Å²) in [6.45, 7) is 7.07. The molecule has 0 aliphatic heterocycles. The van der Waals surface area contributed by atoms with Gasteiger partial charge in [0.05, 0.1) is 0 Å². The van der Waals surface area contributed by atoms with Gasteiger partial charge < -0.3 is 0 Å². The van der Waals surface area contributed by atoms with E-state index in [9.17, 15) is 0 Å². The van der Waals surface area contributed by atoms with Gasteiger partial charge in [-0.2, -0.15) is 0 Å². The van der Waals surface area contributed by atoms with Crippen LogP contribution in [-0.2, 0) is 0 Å². The molecule has 132 valence electrons. The van der Waals surface area contributed by atoms with E-state index in [1.54, 1.807) is 16.9 Å². The SMILES string of the molecule is CCC[CH2][Sn]([CH2]CCC)([CH2]CCC)[c]1ccc(-c2cccs2)cc1. The summed E-state index contributed by atoms with van der Waals surface area (Å²) in [5, 5.41) is 2.18. The van der Waals surface area contributed by atoms with Crippen LogP contribution in [-0.4, -0.2) is 18.4 Å². The van der Waals surface area contributed by atoms with Crippen LogP contribution in [0.4, 0.5) is 0 Å². The number of benzene rings is 1. The van der Waals surface area contributed by atoms with Crippen molar-refractivity contribution >= 4 is 33.3 Å². The Kier molecular flexibility index (Phi) is 8.89. The standard InChI is InChI=1S/C10H7S.3C4H9.Sn/c1-2-5-9(6-3-1)10-7-4-8-11-10;3*1-3-4-2;/h2-8H;3*1,3-4H2,2H3;. The average molecular weight is 449 g/mol. The number of thiophene rings is 1. The van der Waals surface area contributed by atoms with Gasteiger partial charge in [-0.15, -0.1) is 0 Å². The fourth-order valence-corrected chi connectivity index (χ4v) is 20.4. The third-order valence-corrected chi connectivity index (χ3v) is 21.9. The zero-order chi connectivity index (χ0) is 17.3. The van der Waals surface area contributed by atoms with E-state index in [0.29, 0.717) is 0 Å². The van der Waals surface area contributed by atoms with Crippen LogP contribution in [0.1, 0.15) is 59.3 Å². The average Bonchev–Trinajstić information content (AvgIpc) is 3.16. The first-order valence-corrected chi connectivity index (χ1v) is 18.3. The summed E-state index contributed by atoms with van der Waals surface area (Å²) in [5.74, 6) is 0. The molecule has 0 aliphatic carbocycles. The Labute approximate surface area is 157 Å². The monoisotopic (exact) mass is 450 g/mol. The maximum absolute atomic E-state index is 2.52. The summed E-state index contributed by atoms with van der Waals surface area (Å²) in [6, 6.07) is 14.2. The predicted octanol–water partition coefficient (Wildman–Crippen LogP) is 7.47. The van der Waals surface area contributed by atoms with Gasteiger partial charge in [-0.05, 0) is 0 Å². The van der Waals surface area contributed by atoms with E-state index in [0.717, 1.165) is 0 Å². The van der Waals surface area contributed by atoms with Crippen LogP contribution in [0.25, 0.3) is 10.4 Å². The van der Waals surface area contributed by atoms with Crippen molar-refractivity contribution in [2.45, 2.75) is 72.6 Å². The molecule has 0 unspecified atom stereocenters. The number of unbranched alkanes of at least 4 members (excludes halogenated alkanes) is 3. The Balaban J connectivity index is 2.28. The van der Waals surface area contributed by atoms with Gasteiger partial charge in [0.1, 0.15) is 0 Å². The van der Waals surface area contributed by atoms with Crippen molar-refractivity contribution < 1.29 is 0 Å². The molecule has 0 spiro atoms. The molecule has 0 atom stereocenters. The molecule has 2 aromatic rings. The zero-order valence-electron chi connectivity index (χ0n) is 15.8. The first-order valence-electron chi connectivity index (χ1n) is 9.90. The molecule has 0 amide bonds. The second-order valence-corrected chi connectivity index (χ2v) is 21.3. The Hall–Kier alpha value is -0.281. The quantitative estimate of drug-likeness (QED) is 0.312. The van der Waals surface area contributed by atoms with Crippen molar-refractivity contribution in [1.82, 2.24) is 0 Å². The van der Waals surface area contributed by atoms with Crippen LogP contribution < -0.4 is 3.58 Å². The molecule has 0 aliphatic rings. The molecule has 1 aromatic carbocycles. The molecule has 1 aromatic heterocycles. The molecule has 0 saturated carbocycles. The number of rotatable bonds is 11. The molecule has 2 rings (SSSR count). The van der Waals surface area contributed by atoms with Crippen LogP contribution in [0, 0.1) is 0 Å². The molecule has 0 bridgehead atoms. The van der Waals surface area contributed by atoms with Crippen molar-refractivity contribution in [2.24, 2.45) is 0 Å². The van der Waals surface area contributed by atoms with E-state index < -0.39 is 18.4 Å². The summed E-state index contributed by atoms with van der Waals surface area (Å²) in [4.78, 5) is 1.40. The van der Waals surface area contributed by atoms with Gasteiger partial charge in [-0.3, -0.25) is 0 Å². The van der Waals surface area contributed by atoms with E-state index >= 15 is 0 Å². The summed E-state index contributed by atoms with van der Waals surface area (Å²) in [7, 11) is 0. The third-order valence-electron chi connectivity index (χ3n) is 5.33. The van der Waals surface area contributed by atoms with Gasteiger partial charge in [0.2, 0.25) is 0 Å². The summed E-state index contributed by atoms with van der Waals surface area (Å²) >= 11 is -0.380. The summed E-state index contributed by atoms with van der Waals surface area (Å²) in [6.07, 6.45) is 8.38. The Morgan fingerprint density at radius 2 is 1.29 bits per heavy atom. The molecule has 2 heteroatoms. The fourth-order valence-electron chi connectivity index (χ4n) is 3.78. The molecule has 0 fully saturated rings. The molecule has 24 heavy (non-hydrogen) atoms. The van der Waals surface area contributed by atoms with Crippen LogP contribution in [0.2, 0.25) is 13.3 Å². The molecule has 0 saturated heterocycles. The first-order chi connectivity index (χ1) is 11.8. The van der Waals surface area contributed by atoms with Gasteiger partial charge >= 0.3 is 158 Å². The van der Waals surface area contributed by atoms with Crippen molar-refractivity contribution in [3.8, 4) is 10.4 Å². The zero-order valence-corrected chi connectivity index (χ0v) is 19.5. The normalized spacial score (nSPS) is 11.8. The topological polar surface area (TPSA) is 0 Å². The Morgan fingerprint density at radius 3 is 1.71 bits per heavy atom. The fraction of sp³-hybridized carbons (Fsp3) is 0.545. The molecular formula is C22H34SSn. The van der Waals surface area contributed by atoms with Crippen LogP contribution in [0.15, 0.2) is 41.8 Å². The van der Waals surface area contributed by atoms with Gasteiger partial charge in [-0.1, -0.05) is 0 Å². The van der Waals surface area contributed by atoms with Crippen molar-refractivity contribution in [2.75, 3.05) is 0 Å². The maximum atomic E-state index is 2.52. The van der Waals surface area contributed by atoms with Gasteiger partial charge in [0.15, 0.2) is 0 Å². The van der Waals surface area contributed by atoms with Crippen LogP contribution >= 0.6 is 11.3 Å². The molecule has 0 nitrogen and oxygen atoms in total. The first kappa shape index (κ1) is 20.0. The summed E-state index contributed by atoms with van der Waals surface area (Å²) in [5.41, 5.74) is 1.40. The molecule has 1 heterocycles. The number of hydrogen-bond acceptors (Lipinski definition) is 1. The second-order valence-electron chi connectivity index (χ2n) is 7.15. The second kappa shape index (κ2) is 10.7. The van der Waals surface area contributed by atoms with E-state index in [1.165, 1.54) is 49.0 Å². The predicted molar refractivity (Wildman–Crippen MR) is 114 cm³/mol. The summed E-state index contributed by atoms with van der Waals surface area (Å²) < 4.78 is 6.47. The van der Waals surface area contributed by atoms with Gasteiger partial charge in [-0.25, -0.2) is 0 Å². The van der Waals surface area contributed by atoms with E-state index in [-0.39, 0.29) is 0 Å².